The molecule has 2 amide bonds. The molecule has 1 aromatic carbocycles. The Bertz CT molecular complexity index is 893. The van der Waals surface area contributed by atoms with Gasteiger partial charge in [-0.1, -0.05) is 23.2 Å². The topological polar surface area (TPSA) is 63.3 Å². The number of anilines is 1. The van der Waals surface area contributed by atoms with E-state index in [0.29, 0.717) is 28.8 Å². The Kier molecular flexibility index (Phi) is 6.42. The molecule has 0 saturated heterocycles. The molecule has 0 aliphatic rings. The van der Waals surface area contributed by atoms with Gasteiger partial charge in [-0.15, -0.1) is 0 Å². The van der Waals surface area contributed by atoms with Crippen molar-refractivity contribution in [3.63, 3.8) is 0 Å². The van der Waals surface area contributed by atoms with Gasteiger partial charge in [-0.2, -0.15) is 0 Å². The van der Waals surface area contributed by atoms with E-state index in [1.165, 1.54) is 0 Å². The standard InChI is InChI=1S/C19H20Cl2N4O2/c1-14-3-5-16(27-14)12-25(9-2-8-24-10-7-22-13-24)19(26)23-15-4-6-17(20)18(21)11-15/h3-7,10-11,13H,2,8-9,12H2,1H3,(H,23,26). The first kappa shape index (κ1) is 19.3. The van der Waals surface area contributed by atoms with E-state index >= 15 is 0 Å². The van der Waals surface area contributed by atoms with E-state index in [2.05, 4.69) is 10.3 Å². The molecule has 0 atom stereocenters. The maximum atomic E-state index is 12.8. The van der Waals surface area contributed by atoms with Crippen LogP contribution in [0.1, 0.15) is 17.9 Å². The van der Waals surface area contributed by atoms with Gasteiger partial charge >= 0.3 is 6.03 Å². The summed E-state index contributed by atoms with van der Waals surface area (Å²) in [7, 11) is 0. The van der Waals surface area contributed by atoms with Gasteiger partial charge in [0, 0.05) is 31.2 Å². The van der Waals surface area contributed by atoms with Gasteiger partial charge in [0.1, 0.15) is 11.5 Å². The van der Waals surface area contributed by atoms with Crippen molar-refractivity contribution >= 4 is 34.9 Å². The third-order valence-electron chi connectivity index (χ3n) is 4.00. The number of urea groups is 1. The van der Waals surface area contributed by atoms with E-state index < -0.39 is 0 Å². The predicted molar refractivity (Wildman–Crippen MR) is 106 cm³/mol. The number of carbonyl (C=O) groups excluding carboxylic acids is 1. The molecule has 27 heavy (non-hydrogen) atoms. The van der Waals surface area contributed by atoms with Crippen molar-refractivity contribution in [2.75, 3.05) is 11.9 Å². The zero-order valence-corrected chi connectivity index (χ0v) is 16.4. The molecule has 6 nitrogen and oxygen atoms in total. The molecule has 0 aliphatic carbocycles. The average Bonchev–Trinajstić information content (AvgIpc) is 3.29. The first-order valence-electron chi connectivity index (χ1n) is 8.53. The Morgan fingerprint density at radius 3 is 2.78 bits per heavy atom. The summed E-state index contributed by atoms with van der Waals surface area (Å²) in [6, 6.07) is 8.53. The quantitative estimate of drug-likeness (QED) is 0.585. The second-order valence-electron chi connectivity index (χ2n) is 6.15. The van der Waals surface area contributed by atoms with Crippen LogP contribution in [-0.4, -0.2) is 27.0 Å². The predicted octanol–water partition coefficient (Wildman–Crippen LogP) is 5.22. The van der Waals surface area contributed by atoms with Crippen molar-refractivity contribution in [2.45, 2.75) is 26.4 Å². The lowest BCUT2D eigenvalue weighted by molar-refractivity contribution is 0.202. The highest BCUT2D eigenvalue weighted by atomic mass is 35.5. The number of aryl methyl sites for hydroxylation is 2. The molecule has 2 heterocycles. The molecule has 8 heteroatoms. The number of nitrogens with zero attached hydrogens (tertiary/aromatic N) is 3. The second-order valence-corrected chi connectivity index (χ2v) is 6.96. The molecule has 2 aromatic heterocycles. The van der Waals surface area contributed by atoms with Crippen molar-refractivity contribution in [3.8, 4) is 0 Å². The molecule has 0 spiro atoms. The first-order chi connectivity index (χ1) is 13.0. The Labute approximate surface area is 167 Å². The molecule has 0 saturated carbocycles. The number of carbonyl (C=O) groups is 1. The van der Waals surface area contributed by atoms with Crippen LogP contribution in [0.15, 0.2) is 53.5 Å². The third kappa shape index (κ3) is 5.52. The lowest BCUT2D eigenvalue weighted by Gasteiger charge is -2.22. The minimum absolute atomic E-state index is 0.229. The average molecular weight is 407 g/mol. The van der Waals surface area contributed by atoms with Crippen LogP contribution in [0.2, 0.25) is 10.0 Å². The summed E-state index contributed by atoms with van der Waals surface area (Å²) in [6.07, 6.45) is 6.18. The minimum Gasteiger partial charge on any atom is -0.464 e. The van der Waals surface area contributed by atoms with Gasteiger partial charge in [0.2, 0.25) is 0 Å². The van der Waals surface area contributed by atoms with E-state index in [4.69, 9.17) is 27.6 Å². The molecule has 0 bridgehead atoms. The van der Waals surface area contributed by atoms with Gasteiger partial charge in [0.05, 0.1) is 22.9 Å². The van der Waals surface area contributed by atoms with Crippen LogP contribution in [0.25, 0.3) is 0 Å². The number of benzene rings is 1. The van der Waals surface area contributed by atoms with Crippen molar-refractivity contribution in [1.82, 2.24) is 14.5 Å². The highest BCUT2D eigenvalue weighted by Gasteiger charge is 2.16. The first-order valence-corrected chi connectivity index (χ1v) is 9.29. The number of aromatic nitrogens is 2. The lowest BCUT2D eigenvalue weighted by atomic mass is 10.3. The Hall–Kier alpha value is -2.44. The van der Waals surface area contributed by atoms with Crippen molar-refractivity contribution in [2.24, 2.45) is 0 Å². The van der Waals surface area contributed by atoms with Crippen LogP contribution < -0.4 is 5.32 Å². The van der Waals surface area contributed by atoms with Gasteiger partial charge in [-0.05, 0) is 43.7 Å². The van der Waals surface area contributed by atoms with Crippen LogP contribution in [-0.2, 0) is 13.1 Å². The Morgan fingerprint density at radius 1 is 1.26 bits per heavy atom. The van der Waals surface area contributed by atoms with Crippen LogP contribution >= 0.6 is 23.2 Å². The normalized spacial score (nSPS) is 10.8. The Morgan fingerprint density at radius 2 is 2.11 bits per heavy atom. The van der Waals surface area contributed by atoms with Gasteiger partial charge in [-0.25, -0.2) is 9.78 Å². The molecular formula is C19H20Cl2N4O2. The number of amides is 2. The maximum Gasteiger partial charge on any atom is 0.322 e. The van der Waals surface area contributed by atoms with Gasteiger partial charge in [0.25, 0.3) is 0 Å². The van der Waals surface area contributed by atoms with Gasteiger partial charge in [0.15, 0.2) is 0 Å². The fraction of sp³-hybridized carbons (Fsp3) is 0.263. The largest absolute Gasteiger partial charge is 0.464 e. The van der Waals surface area contributed by atoms with E-state index in [0.717, 1.165) is 24.5 Å². The second kappa shape index (κ2) is 8.97. The monoisotopic (exact) mass is 406 g/mol. The van der Waals surface area contributed by atoms with E-state index in [9.17, 15) is 4.79 Å². The molecule has 0 aliphatic heterocycles. The zero-order valence-electron chi connectivity index (χ0n) is 14.9. The minimum atomic E-state index is -0.229. The molecular weight excluding hydrogens is 387 g/mol. The summed E-state index contributed by atoms with van der Waals surface area (Å²) >= 11 is 12.0. The number of imidazole rings is 1. The summed E-state index contributed by atoms with van der Waals surface area (Å²) in [5.74, 6) is 1.55. The summed E-state index contributed by atoms with van der Waals surface area (Å²) < 4.78 is 7.60. The molecule has 3 rings (SSSR count). The summed E-state index contributed by atoms with van der Waals surface area (Å²) in [4.78, 5) is 18.5. The molecule has 142 valence electrons. The molecule has 0 unspecified atom stereocenters. The number of halogens is 2. The molecule has 1 N–H and O–H groups in total. The maximum absolute atomic E-state index is 12.8. The van der Waals surface area contributed by atoms with Crippen molar-refractivity contribution in [1.29, 1.82) is 0 Å². The molecule has 0 fully saturated rings. The number of rotatable bonds is 7. The number of furan rings is 1. The smallest absolute Gasteiger partial charge is 0.322 e. The van der Waals surface area contributed by atoms with Gasteiger partial charge in [-0.3, -0.25) is 0 Å². The number of hydrogen-bond donors (Lipinski definition) is 1. The van der Waals surface area contributed by atoms with Gasteiger partial charge < -0.3 is 19.2 Å². The zero-order chi connectivity index (χ0) is 19.2. The summed E-state index contributed by atoms with van der Waals surface area (Å²) in [5.41, 5.74) is 0.588. The van der Waals surface area contributed by atoms with Crippen LogP contribution in [0.4, 0.5) is 10.5 Å². The fourth-order valence-electron chi connectivity index (χ4n) is 2.65. The van der Waals surface area contributed by atoms with Crippen molar-refractivity contribution < 1.29 is 9.21 Å². The summed E-state index contributed by atoms with van der Waals surface area (Å²) in [5, 5.41) is 3.70. The third-order valence-corrected chi connectivity index (χ3v) is 4.74. The molecule has 0 radical (unpaired) electrons. The number of nitrogens with one attached hydrogen (secondary N) is 1. The van der Waals surface area contributed by atoms with Crippen LogP contribution in [0, 0.1) is 6.92 Å². The SMILES string of the molecule is Cc1ccc(CN(CCCn2ccnc2)C(=O)Nc2ccc(Cl)c(Cl)c2)o1. The fourth-order valence-corrected chi connectivity index (χ4v) is 2.95. The van der Waals surface area contributed by atoms with E-state index in [1.807, 2.05) is 29.8 Å². The highest BCUT2D eigenvalue weighted by molar-refractivity contribution is 6.42. The highest BCUT2D eigenvalue weighted by Crippen LogP contribution is 2.25. The lowest BCUT2D eigenvalue weighted by Crippen LogP contribution is -2.35. The van der Waals surface area contributed by atoms with Crippen LogP contribution in [0.3, 0.4) is 0 Å². The number of hydrogen-bond acceptors (Lipinski definition) is 3. The van der Waals surface area contributed by atoms with E-state index in [1.54, 1.807) is 35.6 Å². The van der Waals surface area contributed by atoms with E-state index in [-0.39, 0.29) is 6.03 Å². The van der Waals surface area contributed by atoms with Crippen LogP contribution in [0.5, 0.6) is 0 Å². The molecule has 3 aromatic rings. The van der Waals surface area contributed by atoms with Crippen molar-refractivity contribution in [3.05, 3.63) is 70.6 Å². The summed E-state index contributed by atoms with van der Waals surface area (Å²) in [6.45, 7) is 3.59. The Balaban J connectivity index is 1.66.